The topological polar surface area (TPSA) is 38.5 Å². The summed E-state index contributed by atoms with van der Waals surface area (Å²) in [6, 6.07) is 0.407. The Balaban J connectivity index is 1.85. The molecule has 3 atom stereocenters. The molecule has 2 aliphatic rings. The highest BCUT2D eigenvalue weighted by molar-refractivity contribution is 4.90. The van der Waals surface area contributed by atoms with Crippen LogP contribution in [0.1, 0.15) is 39.5 Å². The van der Waals surface area contributed by atoms with Crippen LogP contribution in [0.4, 0.5) is 0 Å². The van der Waals surface area contributed by atoms with E-state index in [1.165, 1.54) is 38.8 Å². The summed E-state index contributed by atoms with van der Waals surface area (Å²) < 4.78 is 5.43. The Labute approximate surface area is 106 Å². The fourth-order valence-corrected chi connectivity index (χ4v) is 3.44. The molecule has 3 heteroatoms. The van der Waals surface area contributed by atoms with Gasteiger partial charge in [-0.25, -0.2) is 0 Å². The Morgan fingerprint density at radius 3 is 2.76 bits per heavy atom. The zero-order valence-electron chi connectivity index (χ0n) is 11.6. The van der Waals surface area contributed by atoms with Crippen molar-refractivity contribution in [3.8, 4) is 0 Å². The SMILES string of the molecule is COC1CCN(CC2CC(C)(C)CCC2N)C1. The summed E-state index contributed by atoms with van der Waals surface area (Å²) in [7, 11) is 1.82. The molecule has 0 aromatic heterocycles. The predicted octanol–water partition coefficient (Wildman–Crippen LogP) is 1.86. The lowest BCUT2D eigenvalue weighted by Gasteiger charge is -2.40. The molecule has 2 fully saturated rings. The molecule has 100 valence electrons. The maximum absolute atomic E-state index is 6.29. The van der Waals surface area contributed by atoms with Gasteiger partial charge in [0.15, 0.2) is 0 Å². The van der Waals surface area contributed by atoms with Crippen LogP contribution in [0, 0.1) is 11.3 Å². The molecule has 0 bridgehead atoms. The van der Waals surface area contributed by atoms with Gasteiger partial charge >= 0.3 is 0 Å². The standard InChI is InChI=1S/C14H28N2O/c1-14(2)6-4-13(15)11(8-14)9-16-7-5-12(10-16)17-3/h11-13H,4-10,15H2,1-3H3. The first-order valence-corrected chi connectivity index (χ1v) is 7.01. The van der Waals surface area contributed by atoms with Crippen molar-refractivity contribution in [1.29, 1.82) is 0 Å². The minimum atomic E-state index is 0.407. The van der Waals surface area contributed by atoms with Crippen molar-refractivity contribution in [2.75, 3.05) is 26.7 Å². The quantitative estimate of drug-likeness (QED) is 0.818. The van der Waals surface area contributed by atoms with Crippen LogP contribution in [0.5, 0.6) is 0 Å². The van der Waals surface area contributed by atoms with Crippen LogP contribution in [0.2, 0.25) is 0 Å². The smallest absolute Gasteiger partial charge is 0.0710 e. The van der Waals surface area contributed by atoms with Crippen molar-refractivity contribution in [3.63, 3.8) is 0 Å². The van der Waals surface area contributed by atoms with Crippen LogP contribution >= 0.6 is 0 Å². The van der Waals surface area contributed by atoms with Gasteiger partial charge in [0.2, 0.25) is 0 Å². The van der Waals surface area contributed by atoms with Gasteiger partial charge in [0, 0.05) is 32.8 Å². The number of ether oxygens (including phenoxy) is 1. The Morgan fingerprint density at radius 2 is 2.12 bits per heavy atom. The molecule has 1 aliphatic heterocycles. The Kier molecular flexibility index (Phi) is 4.11. The van der Waals surface area contributed by atoms with Crippen LogP contribution < -0.4 is 5.73 Å². The molecule has 1 saturated carbocycles. The predicted molar refractivity (Wildman–Crippen MR) is 71.0 cm³/mol. The fraction of sp³-hybridized carbons (Fsp3) is 1.00. The van der Waals surface area contributed by atoms with E-state index in [1.807, 2.05) is 7.11 Å². The zero-order valence-corrected chi connectivity index (χ0v) is 11.6. The third-order valence-electron chi connectivity index (χ3n) is 4.63. The monoisotopic (exact) mass is 240 g/mol. The Bertz CT molecular complexity index is 255. The average molecular weight is 240 g/mol. The molecule has 1 aliphatic carbocycles. The van der Waals surface area contributed by atoms with E-state index in [1.54, 1.807) is 0 Å². The normalized spacial score (nSPS) is 38.5. The number of likely N-dealkylation sites (tertiary alicyclic amines) is 1. The second kappa shape index (κ2) is 5.25. The molecule has 0 spiro atoms. The third-order valence-corrected chi connectivity index (χ3v) is 4.63. The van der Waals surface area contributed by atoms with E-state index < -0.39 is 0 Å². The second-order valence-electron chi connectivity index (χ2n) is 6.74. The maximum atomic E-state index is 6.29. The Hall–Kier alpha value is -0.120. The number of nitrogens with two attached hydrogens (primary N) is 1. The molecular weight excluding hydrogens is 212 g/mol. The molecule has 0 aromatic rings. The number of hydrogen-bond donors (Lipinski definition) is 1. The first kappa shape index (κ1) is 13.3. The molecule has 17 heavy (non-hydrogen) atoms. The van der Waals surface area contributed by atoms with E-state index in [-0.39, 0.29) is 0 Å². The summed E-state index contributed by atoms with van der Waals surface area (Å²) >= 11 is 0. The summed E-state index contributed by atoms with van der Waals surface area (Å²) in [6.07, 6.45) is 5.39. The first-order valence-electron chi connectivity index (χ1n) is 7.01. The van der Waals surface area contributed by atoms with E-state index >= 15 is 0 Å². The van der Waals surface area contributed by atoms with Crippen molar-refractivity contribution in [2.45, 2.75) is 51.7 Å². The largest absolute Gasteiger partial charge is 0.380 e. The van der Waals surface area contributed by atoms with Gasteiger partial charge in [-0.1, -0.05) is 13.8 Å². The third kappa shape index (κ3) is 3.43. The molecule has 0 aromatic carbocycles. The Morgan fingerprint density at radius 1 is 1.35 bits per heavy atom. The molecule has 0 amide bonds. The van der Waals surface area contributed by atoms with Crippen molar-refractivity contribution in [3.05, 3.63) is 0 Å². The van der Waals surface area contributed by atoms with E-state index in [0.717, 1.165) is 6.54 Å². The second-order valence-corrected chi connectivity index (χ2v) is 6.74. The lowest BCUT2D eigenvalue weighted by molar-refractivity contribution is 0.0924. The molecule has 1 heterocycles. The maximum Gasteiger partial charge on any atom is 0.0710 e. The van der Waals surface area contributed by atoms with Gasteiger partial charge in [0.25, 0.3) is 0 Å². The number of rotatable bonds is 3. The molecule has 2 rings (SSSR count). The highest BCUT2D eigenvalue weighted by atomic mass is 16.5. The molecular formula is C14H28N2O. The van der Waals surface area contributed by atoms with Crippen LogP contribution in [0.25, 0.3) is 0 Å². The van der Waals surface area contributed by atoms with Crippen LogP contribution in [-0.4, -0.2) is 43.8 Å². The summed E-state index contributed by atoms with van der Waals surface area (Å²) in [5, 5.41) is 0. The summed E-state index contributed by atoms with van der Waals surface area (Å²) in [6.45, 7) is 8.22. The lowest BCUT2D eigenvalue weighted by Crippen LogP contribution is -2.44. The summed E-state index contributed by atoms with van der Waals surface area (Å²) in [4.78, 5) is 2.54. The van der Waals surface area contributed by atoms with Crippen LogP contribution in [0.15, 0.2) is 0 Å². The van der Waals surface area contributed by atoms with E-state index in [0.29, 0.717) is 23.5 Å². The minimum Gasteiger partial charge on any atom is -0.380 e. The van der Waals surface area contributed by atoms with Crippen LogP contribution in [0.3, 0.4) is 0 Å². The van der Waals surface area contributed by atoms with Crippen molar-refractivity contribution >= 4 is 0 Å². The minimum absolute atomic E-state index is 0.407. The van der Waals surface area contributed by atoms with E-state index in [9.17, 15) is 0 Å². The lowest BCUT2D eigenvalue weighted by atomic mass is 9.70. The molecule has 1 saturated heterocycles. The van der Waals surface area contributed by atoms with Crippen molar-refractivity contribution in [2.24, 2.45) is 17.1 Å². The summed E-state index contributed by atoms with van der Waals surface area (Å²) in [5.74, 6) is 0.675. The first-order chi connectivity index (χ1) is 8.00. The molecule has 2 N–H and O–H groups in total. The highest BCUT2D eigenvalue weighted by Gasteiger charge is 2.35. The van der Waals surface area contributed by atoms with Crippen molar-refractivity contribution < 1.29 is 4.74 Å². The van der Waals surface area contributed by atoms with Gasteiger partial charge in [-0.2, -0.15) is 0 Å². The highest BCUT2D eigenvalue weighted by Crippen LogP contribution is 2.38. The van der Waals surface area contributed by atoms with Gasteiger partial charge in [0.05, 0.1) is 6.10 Å². The van der Waals surface area contributed by atoms with Crippen molar-refractivity contribution in [1.82, 2.24) is 4.90 Å². The fourth-order valence-electron chi connectivity index (χ4n) is 3.44. The molecule has 0 radical (unpaired) electrons. The average Bonchev–Trinajstić information content (AvgIpc) is 2.71. The number of methoxy groups -OCH3 is 1. The van der Waals surface area contributed by atoms with Gasteiger partial charge in [-0.05, 0) is 37.0 Å². The summed E-state index contributed by atoms with van der Waals surface area (Å²) in [5.41, 5.74) is 6.77. The zero-order chi connectivity index (χ0) is 12.5. The van der Waals surface area contributed by atoms with Crippen LogP contribution in [-0.2, 0) is 4.74 Å². The van der Waals surface area contributed by atoms with Gasteiger partial charge < -0.3 is 15.4 Å². The molecule has 3 unspecified atom stereocenters. The number of nitrogens with zero attached hydrogens (tertiary/aromatic N) is 1. The van der Waals surface area contributed by atoms with Gasteiger partial charge in [-0.3, -0.25) is 0 Å². The number of hydrogen-bond acceptors (Lipinski definition) is 3. The molecule has 3 nitrogen and oxygen atoms in total. The van der Waals surface area contributed by atoms with E-state index in [2.05, 4.69) is 18.7 Å². The van der Waals surface area contributed by atoms with Gasteiger partial charge in [-0.15, -0.1) is 0 Å². The van der Waals surface area contributed by atoms with E-state index in [4.69, 9.17) is 10.5 Å². The van der Waals surface area contributed by atoms with Gasteiger partial charge in [0.1, 0.15) is 0 Å².